The molecule has 2 heterocycles. The smallest absolute Gasteiger partial charge is 0.0992 e. The van der Waals surface area contributed by atoms with Crippen LogP contribution in [0.4, 0.5) is 0 Å². The third-order valence-electron chi connectivity index (χ3n) is 3.33. The van der Waals surface area contributed by atoms with Crippen LogP contribution in [0.15, 0.2) is 6.07 Å². The zero-order valence-electron chi connectivity index (χ0n) is 10.7. The zero-order chi connectivity index (χ0) is 13.1. The Hall–Kier alpha value is 0.200. The van der Waals surface area contributed by atoms with Crippen molar-refractivity contribution in [2.75, 3.05) is 13.2 Å². The molecule has 0 aromatic carbocycles. The number of nitrogens with one attached hydrogen (secondary N) is 1. The second-order valence-corrected chi connectivity index (χ2v) is 7.14. The zero-order valence-corrected chi connectivity index (χ0v) is 13.0. The van der Waals surface area contributed by atoms with Crippen LogP contribution < -0.4 is 5.32 Å². The summed E-state index contributed by atoms with van der Waals surface area (Å²) in [5.74, 6) is 0.481. The number of hydrogen-bond donors (Lipinski definition) is 1. The molecule has 1 aromatic rings. The Kier molecular flexibility index (Phi) is 5.34. The summed E-state index contributed by atoms with van der Waals surface area (Å²) in [6.07, 6.45) is 2.52. The lowest BCUT2D eigenvalue weighted by molar-refractivity contribution is 0.117. The first kappa shape index (κ1) is 14.6. The van der Waals surface area contributed by atoms with Crippen molar-refractivity contribution in [3.05, 3.63) is 20.3 Å². The topological polar surface area (TPSA) is 21.3 Å². The third kappa shape index (κ3) is 3.40. The predicted molar refractivity (Wildman–Crippen MR) is 78.9 cm³/mol. The van der Waals surface area contributed by atoms with E-state index in [4.69, 9.17) is 27.9 Å². The molecule has 1 aromatic heterocycles. The third-order valence-corrected chi connectivity index (χ3v) is 4.85. The van der Waals surface area contributed by atoms with E-state index >= 15 is 0 Å². The second kappa shape index (κ2) is 6.58. The van der Waals surface area contributed by atoms with Crippen LogP contribution in [0, 0.1) is 5.92 Å². The lowest BCUT2D eigenvalue weighted by atomic mass is 9.92. The molecule has 102 valence electrons. The summed E-state index contributed by atoms with van der Waals surface area (Å²) in [5.41, 5.74) is 1.13. The maximum Gasteiger partial charge on any atom is 0.0992 e. The van der Waals surface area contributed by atoms with Crippen LogP contribution in [0.5, 0.6) is 0 Å². The molecule has 3 atom stereocenters. The van der Waals surface area contributed by atoms with Gasteiger partial charge in [0.25, 0.3) is 0 Å². The minimum absolute atomic E-state index is 0.256. The van der Waals surface area contributed by atoms with Gasteiger partial charge in [-0.3, -0.25) is 0 Å². The Labute approximate surface area is 123 Å². The van der Waals surface area contributed by atoms with Crippen LogP contribution in [-0.2, 0) is 4.74 Å². The molecule has 1 saturated heterocycles. The fraction of sp³-hybridized carbons (Fsp3) is 0.692. The molecule has 2 nitrogen and oxygen atoms in total. The number of halogens is 2. The van der Waals surface area contributed by atoms with E-state index in [1.54, 1.807) is 0 Å². The van der Waals surface area contributed by atoms with Crippen molar-refractivity contribution < 1.29 is 4.74 Å². The summed E-state index contributed by atoms with van der Waals surface area (Å²) in [6, 6.07) is 2.25. The highest BCUT2D eigenvalue weighted by molar-refractivity contribution is 7.20. The Morgan fingerprint density at radius 1 is 1.56 bits per heavy atom. The van der Waals surface area contributed by atoms with Gasteiger partial charge in [0.15, 0.2) is 0 Å². The molecule has 0 bridgehead atoms. The molecule has 1 aliphatic heterocycles. The van der Waals surface area contributed by atoms with Crippen LogP contribution in [0.3, 0.4) is 0 Å². The van der Waals surface area contributed by atoms with Crippen molar-refractivity contribution in [1.82, 2.24) is 5.32 Å². The van der Waals surface area contributed by atoms with Crippen LogP contribution >= 0.6 is 34.5 Å². The van der Waals surface area contributed by atoms with Crippen LogP contribution in [0.2, 0.25) is 8.67 Å². The van der Waals surface area contributed by atoms with Crippen molar-refractivity contribution in [3.63, 3.8) is 0 Å². The van der Waals surface area contributed by atoms with Gasteiger partial charge in [-0.1, -0.05) is 30.1 Å². The molecule has 1 fully saturated rings. The van der Waals surface area contributed by atoms with Crippen molar-refractivity contribution in [1.29, 1.82) is 0 Å². The van der Waals surface area contributed by atoms with E-state index in [0.29, 0.717) is 12.0 Å². The lowest BCUT2D eigenvalue weighted by Gasteiger charge is -2.23. The molecular weight excluding hydrogens is 289 g/mol. The van der Waals surface area contributed by atoms with Crippen LogP contribution in [0.25, 0.3) is 0 Å². The molecule has 18 heavy (non-hydrogen) atoms. The quantitative estimate of drug-likeness (QED) is 0.863. The average Bonchev–Trinajstić information content (AvgIpc) is 2.87. The van der Waals surface area contributed by atoms with Gasteiger partial charge in [0.1, 0.15) is 0 Å². The van der Waals surface area contributed by atoms with E-state index < -0.39 is 0 Å². The maximum atomic E-state index is 6.29. The first-order valence-corrected chi connectivity index (χ1v) is 7.98. The second-order valence-electron chi connectivity index (χ2n) is 4.85. The van der Waals surface area contributed by atoms with Gasteiger partial charge >= 0.3 is 0 Å². The van der Waals surface area contributed by atoms with Crippen LogP contribution in [-0.4, -0.2) is 19.3 Å². The molecule has 5 heteroatoms. The lowest BCUT2D eigenvalue weighted by Crippen LogP contribution is -2.29. The van der Waals surface area contributed by atoms with Gasteiger partial charge < -0.3 is 10.1 Å². The summed E-state index contributed by atoms with van der Waals surface area (Å²) >= 11 is 13.8. The molecule has 0 spiro atoms. The Morgan fingerprint density at radius 2 is 2.33 bits per heavy atom. The normalized spacial score (nSPS) is 25.6. The molecule has 2 rings (SSSR count). The summed E-state index contributed by atoms with van der Waals surface area (Å²) in [5, 5.41) is 3.59. The molecule has 1 aliphatic rings. The highest BCUT2D eigenvalue weighted by Crippen LogP contribution is 2.40. The molecule has 3 unspecified atom stereocenters. The molecule has 1 N–H and O–H groups in total. The van der Waals surface area contributed by atoms with Crippen molar-refractivity contribution in [2.45, 2.75) is 38.8 Å². The minimum Gasteiger partial charge on any atom is -0.378 e. The standard InChI is InChI=1S/C13H19Cl2NOS/c1-3-4-16-12(9-5-8(2)17-7-9)10-6-11(14)18-13(10)15/h6,8-9,12,16H,3-5,7H2,1-2H3. The van der Waals surface area contributed by atoms with Gasteiger partial charge in [0.2, 0.25) is 0 Å². The Bertz CT molecular complexity index is 396. The van der Waals surface area contributed by atoms with E-state index in [1.165, 1.54) is 11.3 Å². The first-order valence-electron chi connectivity index (χ1n) is 6.41. The SMILES string of the molecule is CCCNC(c1cc(Cl)sc1Cl)C1COC(C)C1. The number of thiophene rings is 1. The Balaban J connectivity index is 2.16. The van der Waals surface area contributed by atoms with Crippen molar-refractivity contribution >= 4 is 34.5 Å². The van der Waals surface area contributed by atoms with E-state index in [0.717, 1.165) is 40.2 Å². The van der Waals surface area contributed by atoms with Crippen molar-refractivity contribution in [3.8, 4) is 0 Å². The van der Waals surface area contributed by atoms with Crippen molar-refractivity contribution in [2.24, 2.45) is 5.92 Å². The molecule has 0 radical (unpaired) electrons. The summed E-state index contributed by atoms with van der Waals surface area (Å²) < 4.78 is 7.24. The number of ether oxygens (including phenoxy) is 1. The van der Waals surface area contributed by atoms with E-state index in [-0.39, 0.29) is 6.04 Å². The minimum atomic E-state index is 0.256. The molecular formula is C13H19Cl2NOS. The van der Waals surface area contributed by atoms with Gasteiger partial charge in [-0.25, -0.2) is 0 Å². The molecule has 0 aliphatic carbocycles. The summed E-state index contributed by atoms with van der Waals surface area (Å²) in [6.45, 7) is 6.07. The van der Waals surface area contributed by atoms with Gasteiger partial charge in [-0.05, 0) is 32.4 Å². The maximum absolute atomic E-state index is 6.29. The van der Waals surface area contributed by atoms with Gasteiger partial charge in [-0.2, -0.15) is 0 Å². The van der Waals surface area contributed by atoms with E-state index in [2.05, 4.69) is 19.2 Å². The van der Waals surface area contributed by atoms with E-state index in [9.17, 15) is 0 Å². The van der Waals surface area contributed by atoms with Gasteiger partial charge in [0, 0.05) is 17.5 Å². The van der Waals surface area contributed by atoms with Gasteiger partial charge in [0.05, 0.1) is 21.4 Å². The largest absolute Gasteiger partial charge is 0.378 e. The van der Waals surface area contributed by atoms with E-state index in [1.807, 2.05) is 6.07 Å². The first-order chi connectivity index (χ1) is 8.61. The molecule has 0 amide bonds. The highest BCUT2D eigenvalue weighted by atomic mass is 35.5. The average molecular weight is 308 g/mol. The monoisotopic (exact) mass is 307 g/mol. The highest BCUT2D eigenvalue weighted by Gasteiger charge is 2.32. The summed E-state index contributed by atoms with van der Waals surface area (Å²) in [4.78, 5) is 0. The fourth-order valence-corrected chi connectivity index (χ4v) is 4.03. The Morgan fingerprint density at radius 3 is 2.83 bits per heavy atom. The molecule has 0 saturated carbocycles. The van der Waals surface area contributed by atoms with Gasteiger partial charge in [-0.15, -0.1) is 11.3 Å². The predicted octanol–water partition coefficient (Wildman–Crippen LogP) is 4.52. The summed E-state index contributed by atoms with van der Waals surface area (Å²) in [7, 11) is 0. The van der Waals surface area contributed by atoms with Crippen LogP contribution in [0.1, 0.15) is 38.3 Å². The number of hydrogen-bond acceptors (Lipinski definition) is 3. The fourth-order valence-electron chi connectivity index (χ4n) is 2.48. The number of rotatable bonds is 5.